The molecular formula is C13H9Cl2NO4S. The molecule has 0 aliphatic rings. The van der Waals surface area contributed by atoms with Crippen molar-refractivity contribution in [2.45, 2.75) is 4.90 Å². The molecule has 21 heavy (non-hydrogen) atoms. The van der Waals surface area contributed by atoms with E-state index in [1.165, 1.54) is 30.3 Å². The maximum absolute atomic E-state index is 12.0. The number of benzene rings is 2. The van der Waals surface area contributed by atoms with Crippen LogP contribution >= 0.6 is 23.2 Å². The lowest BCUT2D eigenvalue weighted by molar-refractivity contribution is 0.0407. The summed E-state index contributed by atoms with van der Waals surface area (Å²) in [6.45, 7) is 0. The molecule has 0 fully saturated rings. The quantitative estimate of drug-likeness (QED) is 0.864. The molecule has 0 aromatic heterocycles. The lowest BCUT2D eigenvalue weighted by Crippen LogP contribution is -2.27. The summed E-state index contributed by atoms with van der Waals surface area (Å²) in [7, 11) is -4.07. The molecule has 0 atom stereocenters. The SMILES string of the molecule is O=C(ONS(=O)(=O)c1ccccc1Cl)c1ccccc1Cl. The van der Waals surface area contributed by atoms with E-state index in [0.29, 0.717) is 0 Å². The molecule has 0 bridgehead atoms. The third kappa shape index (κ3) is 3.74. The minimum Gasteiger partial charge on any atom is -0.351 e. The predicted molar refractivity (Wildman–Crippen MR) is 78.6 cm³/mol. The molecule has 0 amide bonds. The first-order valence-electron chi connectivity index (χ1n) is 5.64. The number of rotatable bonds is 4. The van der Waals surface area contributed by atoms with Crippen LogP contribution in [0.2, 0.25) is 10.0 Å². The van der Waals surface area contributed by atoms with Gasteiger partial charge in [0.2, 0.25) is 0 Å². The molecule has 0 saturated heterocycles. The maximum atomic E-state index is 12.0. The van der Waals surface area contributed by atoms with Crippen molar-refractivity contribution in [1.82, 2.24) is 4.89 Å². The van der Waals surface area contributed by atoms with Gasteiger partial charge in [0.25, 0.3) is 10.0 Å². The topological polar surface area (TPSA) is 72.5 Å². The summed E-state index contributed by atoms with van der Waals surface area (Å²) in [5.41, 5.74) is 0.0426. The lowest BCUT2D eigenvalue weighted by Gasteiger charge is -2.08. The van der Waals surface area contributed by atoms with Crippen LogP contribution in [0.5, 0.6) is 0 Å². The van der Waals surface area contributed by atoms with Crippen LogP contribution in [0.25, 0.3) is 0 Å². The summed E-state index contributed by atoms with van der Waals surface area (Å²) in [5, 5.41) is 0.165. The van der Waals surface area contributed by atoms with E-state index in [1.807, 2.05) is 0 Å². The van der Waals surface area contributed by atoms with Gasteiger partial charge in [0.15, 0.2) is 0 Å². The van der Waals surface area contributed by atoms with E-state index in [1.54, 1.807) is 23.1 Å². The highest BCUT2D eigenvalue weighted by atomic mass is 35.5. The van der Waals surface area contributed by atoms with E-state index in [2.05, 4.69) is 4.84 Å². The van der Waals surface area contributed by atoms with Gasteiger partial charge in [-0.2, -0.15) is 0 Å². The fourth-order valence-electron chi connectivity index (χ4n) is 1.48. The van der Waals surface area contributed by atoms with E-state index in [4.69, 9.17) is 23.2 Å². The van der Waals surface area contributed by atoms with E-state index in [9.17, 15) is 13.2 Å². The number of hydrogen-bond donors (Lipinski definition) is 1. The van der Waals surface area contributed by atoms with Crippen LogP contribution in [0.4, 0.5) is 0 Å². The number of carbonyl (C=O) groups excluding carboxylic acids is 1. The zero-order valence-corrected chi connectivity index (χ0v) is 12.7. The van der Waals surface area contributed by atoms with Crippen molar-refractivity contribution in [3.8, 4) is 0 Å². The molecule has 1 N–H and O–H groups in total. The zero-order chi connectivity index (χ0) is 15.5. The van der Waals surface area contributed by atoms with Gasteiger partial charge in [0, 0.05) is 0 Å². The lowest BCUT2D eigenvalue weighted by atomic mass is 10.2. The largest absolute Gasteiger partial charge is 0.359 e. The highest BCUT2D eigenvalue weighted by Crippen LogP contribution is 2.20. The van der Waals surface area contributed by atoms with Crippen LogP contribution in [0.1, 0.15) is 10.4 Å². The van der Waals surface area contributed by atoms with Crippen molar-refractivity contribution in [3.63, 3.8) is 0 Å². The predicted octanol–water partition coefficient (Wildman–Crippen LogP) is 3.04. The number of hydrogen-bond acceptors (Lipinski definition) is 4. The molecule has 110 valence electrons. The summed E-state index contributed by atoms with van der Waals surface area (Å²) < 4.78 is 23.9. The van der Waals surface area contributed by atoms with Gasteiger partial charge in [-0.05, 0) is 29.2 Å². The average Bonchev–Trinajstić information content (AvgIpc) is 2.45. The van der Waals surface area contributed by atoms with Gasteiger partial charge in [-0.15, -0.1) is 0 Å². The Morgan fingerprint density at radius 2 is 1.52 bits per heavy atom. The zero-order valence-electron chi connectivity index (χ0n) is 10.4. The van der Waals surface area contributed by atoms with Crippen molar-refractivity contribution in [3.05, 3.63) is 64.1 Å². The van der Waals surface area contributed by atoms with Crippen molar-refractivity contribution in [1.29, 1.82) is 0 Å². The Hall–Kier alpha value is -1.60. The molecule has 0 saturated carbocycles. The van der Waals surface area contributed by atoms with E-state index >= 15 is 0 Å². The highest BCUT2D eigenvalue weighted by molar-refractivity contribution is 7.89. The van der Waals surface area contributed by atoms with Crippen LogP contribution in [0, 0.1) is 0 Å². The van der Waals surface area contributed by atoms with E-state index < -0.39 is 16.0 Å². The summed E-state index contributed by atoms with van der Waals surface area (Å²) in [5.74, 6) is -0.920. The molecule has 0 heterocycles. The summed E-state index contributed by atoms with van der Waals surface area (Å²) in [4.78, 5) is 17.9. The molecule has 0 spiro atoms. The Kier molecular flexibility index (Phi) is 4.84. The highest BCUT2D eigenvalue weighted by Gasteiger charge is 2.20. The first-order chi connectivity index (χ1) is 9.92. The van der Waals surface area contributed by atoms with Crippen LogP contribution in [0.3, 0.4) is 0 Å². The first kappa shape index (κ1) is 15.8. The van der Waals surface area contributed by atoms with Crippen LogP contribution in [-0.2, 0) is 14.9 Å². The third-order valence-electron chi connectivity index (χ3n) is 2.46. The molecule has 2 aromatic rings. The van der Waals surface area contributed by atoms with Crippen LogP contribution < -0.4 is 4.89 Å². The molecule has 8 heteroatoms. The summed E-state index contributed by atoms with van der Waals surface area (Å²) in [6, 6.07) is 11.9. The second-order valence-electron chi connectivity index (χ2n) is 3.89. The molecule has 0 aliphatic carbocycles. The number of sulfonamides is 1. The normalized spacial score (nSPS) is 11.1. The summed E-state index contributed by atoms with van der Waals surface area (Å²) >= 11 is 11.6. The fraction of sp³-hybridized carbons (Fsp3) is 0. The van der Waals surface area contributed by atoms with Gasteiger partial charge in [0.1, 0.15) is 4.90 Å². The van der Waals surface area contributed by atoms with Gasteiger partial charge < -0.3 is 4.84 Å². The van der Waals surface area contributed by atoms with Gasteiger partial charge in [-0.1, -0.05) is 47.5 Å². The minimum atomic E-state index is -4.07. The molecule has 2 rings (SSSR count). The molecule has 5 nitrogen and oxygen atoms in total. The second-order valence-corrected chi connectivity index (χ2v) is 6.31. The Balaban J connectivity index is 2.15. The van der Waals surface area contributed by atoms with Crippen molar-refractivity contribution in [2.24, 2.45) is 0 Å². The van der Waals surface area contributed by atoms with E-state index in [0.717, 1.165) is 0 Å². The molecule has 0 aliphatic heterocycles. The van der Waals surface area contributed by atoms with Gasteiger partial charge >= 0.3 is 5.97 Å². The maximum Gasteiger partial charge on any atom is 0.359 e. The second kappa shape index (κ2) is 6.44. The molecular weight excluding hydrogens is 337 g/mol. The van der Waals surface area contributed by atoms with Crippen LogP contribution in [0.15, 0.2) is 53.4 Å². The Bertz CT molecular complexity index is 777. The molecule has 2 aromatic carbocycles. The standard InChI is InChI=1S/C13H9Cl2NO4S/c14-10-6-2-1-5-9(10)13(17)20-16-21(18,19)12-8-4-3-7-11(12)15/h1-8,16H. The monoisotopic (exact) mass is 345 g/mol. The summed E-state index contributed by atoms with van der Waals surface area (Å²) in [6.07, 6.45) is 0. The van der Waals surface area contributed by atoms with Gasteiger partial charge in [-0.3, -0.25) is 0 Å². The Labute approximate surface area is 131 Å². The number of carbonyl (C=O) groups is 1. The third-order valence-corrected chi connectivity index (χ3v) is 4.47. The van der Waals surface area contributed by atoms with Crippen molar-refractivity contribution < 1.29 is 18.0 Å². The molecule has 0 unspecified atom stereocenters. The smallest absolute Gasteiger partial charge is 0.351 e. The van der Waals surface area contributed by atoms with Gasteiger partial charge in [-0.25, -0.2) is 13.2 Å². The van der Waals surface area contributed by atoms with Crippen LogP contribution in [-0.4, -0.2) is 14.4 Å². The minimum absolute atomic E-state index is 0.0128. The fourth-order valence-corrected chi connectivity index (χ4v) is 2.99. The van der Waals surface area contributed by atoms with Crippen molar-refractivity contribution >= 4 is 39.2 Å². The average molecular weight is 346 g/mol. The first-order valence-corrected chi connectivity index (χ1v) is 7.88. The number of halogens is 2. The Morgan fingerprint density at radius 3 is 2.14 bits per heavy atom. The molecule has 0 radical (unpaired) electrons. The van der Waals surface area contributed by atoms with Crippen molar-refractivity contribution in [2.75, 3.05) is 0 Å². The Morgan fingerprint density at radius 1 is 0.952 bits per heavy atom. The number of nitrogens with one attached hydrogen (secondary N) is 1. The van der Waals surface area contributed by atoms with Gasteiger partial charge in [0.05, 0.1) is 15.6 Å². The van der Waals surface area contributed by atoms with E-state index in [-0.39, 0.29) is 20.5 Å².